The van der Waals surface area contributed by atoms with Crippen molar-refractivity contribution in [1.29, 1.82) is 0 Å². The zero-order valence-corrected chi connectivity index (χ0v) is 10.6. The lowest BCUT2D eigenvalue weighted by molar-refractivity contribution is 0.0950. The first-order chi connectivity index (χ1) is 8.66. The van der Waals surface area contributed by atoms with Gasteiger partial charge in [-0.3, -0.25) is 9.78 Å². The normalized spacial score (nSPS) is 10.1. The van der Waals surface area contributed by atoms with Crippen molar-refractivity contribution in [2.24, 2.45) is 0 Å². The van der Waals surface area contributed by atoms with E-state index in [1.54, 1.807) is 12.4 Å². The highest BCUT2D eigenvalue weighted by Crippen LogP contribution is 2.10. The fourth-order valence-corrected chi connectivity index (χ4v) is 1.85. The van der Waals surface area contributed by atoms with Crippen LogP contribution in [-0.2, 0) is 6.54 Å². The Morgan fingerprint density at radius 1 is 1.17 bits per heavy atom. The molecule has 92 valence electrons. The lowest BCUT2D eigenvalue weighted by atomic mass is 10.1. The highest BCUT2D eigenvalue weighted by molar-refractivity contribution is 5.95. The van der Waals surface area contributed by atoms with Gasteiger partial charge in [0.05, 0.1) is 0 Å². The van der Waals surface area contributed by atoms with Crippen LogP contribution in [0.3, 0.4) is 0 Å². The van der Waals surface area contributed by atoms with E-state index in [9.17, 15) is 4.79 Å². The van der Waals surface area contributed by atoms with E-state index in [1.807, 2.05) is 44.2 Å². The standard InChI is InChI=1S/C15H16N2O/c1-11-3-4-14(12(2)9-11)15(18)17-10-13-5-7-16-8-6-13/h3-9H,10H2,1-2H3,(H,17,18). The smallest absolute Gasteiger partial charge is 0.251 e. The van der Waals surface area contributed by atoms with Gasteiger partial charge in [0, 0.05) is 24.5 Å². The highest BCUT2D eigenvalue weighted by Gasteiger charge is 2.08. The summed E-state index contributed by atoms with van der Waals surface area (Å²) in [7, 11) is 0. The van der Waals surface area contributed by atoms with E-state index in [4.69, 9.17) is 0 Å². The lowest BCUT2D eigenvalue weighted by Crippen LogP contribution is -2.23. The summed E-state index contributed by atoms with van der Waals surface area (Å²) < 4.78 is 0. The van der Waals surface area contributed by atoms with Crippen LogP contribution in [0.15, 0.2) is 42.7 Å². The number of hydrogen-bond donors (Lipinski definition) is 1. The number of nitrogens with one attached hydrogen (secondary N) is 1. The molecule has 2 aromatic rings. The molecule has 3 heteroatoms. The van der Waals surface area contributed by atoms with Gasteiger partial charge in [0.15, 0.2) is 0 Å². The minimum absolute atomic E-state index is 0.0377. The van der Waals surface area contributed by atoms with Crippen LogP contribution >= 0.6 is 0 Å². The second kappa shape index (κ2) is 5.45. The highest BCUT2D eigenvalue weighted by atomic mass is 16.1. The minimum atomic E-state index is -0.0377. The average Bonchev–Trinajstić information content (AvgIpc) is 2.37. The third-order valence-electron chi connectivity index (χ3n) is 2.83. The Morgan fingerprint density at radius 3 is 2.56 bits per heavy atom. The summed E-state index contributed by atoms with van der Waals surface area (Å²) in [6.45, 7) is 4.49. The van der Waals surface area contributed by atoms with Crippen molar-refractivity contribution in [3.63, 3.8) is 0 Å². The number of rotatable bonds is 3. The van der Waals surface area contributed by atoms with Gasteiger partial charge in [0.1, 0.15) is 0 Å². The van der Waals surface area contributed by atoms with Crippen LogP contribution in [0.25, 0.3) is 0 Å². The predicted molar refractivity (Wildman–Crippen MR) is 71.3 cm³/mol. The molecular formula is C15H16N2O. The van der Waals surface area contributed by atoms with Crippen molar-refractivity contribution < 1.29 is 4.79 Å². The van der Waals surface area contributed by atoms with Crippen LogP contribution in [0.2, 0.25) is 0 Å². The van der Waals surface area contributed by atoms with Crippen LogP contribution in [0, 0.1) is 13.8 Å². The second-order valence-electron chi connectivity index (χ2n) is 4.36. The Balaban J connectivity index is 2.04. The summed E-state index contributed by atoms with van der Waals surface area (Å²) >= 11 is 0. The quantitative estimate of drug-likeness (QED) is 0.896. The molecule has 0 bridgehead atoms. The molecule has 0 fully saturated rings. The van der Waals surface area contributed by atoms with Crippen molar-refractivity contribution in [1.82, 2.24) is 10.3 Å². The molecule has 0 saturated heterocycles. The Hall–Kier alpha value is -2.16. The first kappa shape index (κ1) is 12.3. The maximum Gasteiger partial charge on any atom is 0.251 e. The molecule has 1 heterocycles. The van der Waals surface area contributed by atoms with E-state index in [1.165, 1.54) is 0 Å². The van der Waals surface area contributed by atoms with Crippen LogP contribution in [0.4, 0.5) is 0 Å². The fourth-order valence-electron chi connectivity index (χ4n) is 1.85. The molecule has 0 radical (unpaired) electrons. The number of carbonyl (C=O) groups excluding carboxylic acids is 1. The van der Waals surface area contributed by atoms with Gasteiger partial charge in [-0.05, 0) is 43.2 Å². The maximum absolute atomic E-state index is 12.0. The maximum atomic E-state index is 12.0. The van der Waals surface area contributed by atoms with Gasteiger partial charge in [0.25, 0.3) is 5.91 Å². The monoisotopic (exact) mass is 240 g/mol. The van der Waals surface area contributed by atoms with Gasteiger partial charge in [-0.2, -0.15) is 0 Å². The van der Waals surface area contributed by atoms with Gasteiger partial charge in [-0.1, -0.05) is 17.7 Å². The third kappa shape index (κ3) is 2.94. The summed E-state index contributed by atoms with van der Waals surface area (Å²) in [5.74, 6) is -0.0377. The molecule has 0 atom stereocenters. The molecule has 18 heavy (non-hydrogen) atoms. The lowest BCUT2D eigenvalue weighted by Gasteiger charge is -2.08. The predicted octanol–water partition coefficient (Wildman–Crippen LogP) is 2.63. The molecule has 2 rings (SSSR count). The van der Waals surface area contributed by atoms with Gasteiger partial charge in [0.2, 0.25) is 0 Å². The number of benzene rings is 1. The number of pyridine rings is 1. The fraction of sp³-hybridized carbons (Fsp3) is 0.200. The Morgan fingerprint density at radius 2 is 1.89 bits per heavy atom. The summed E-state index contributed by atoms with van der Waals surface area (Å²) in [6.07, 6.45) is 3.44. The molecule has 0 aliphatic rings. The van der Waals surface area contributed by atoms with Crippen molar-refractivity contribution in [3.05, 3.63) is 65.0 Å². The van der Waals surface area contributed by atoms with E-state index in [0.29, 0.717) is 6.54 Å². The van der Waals surface area contributed by atoms with Gasteiger partial charge in [-0.25, -0.2) is 0 Å². The average molecular weight is 240 g/mol. The first-order valence-corrected chi connectivity index (χ1v) is 5.91. The number of amides is 1. The summed E-state index contributed by atoms with van der Waals surface area (Å²) in [5.41, 5.74) is 3.94. The first-order valence-electron chi connectivity index (χ1n) is 5.91. The zero-order chi connectivity index (χ0) is 13.0. The summed E-state index contributed by atoms with van der Waals surface area (Å²) in [4.78, 5) is 16.0. The van der Waals surface area contributed by atoms with Gasteiger partial charge in [-0.15, -0.1) is 0 Å². The number of aryl methyl sites for hydroxylation is 2. The summed E-state index contributed by atoms with van der Waals surface area (Å²) in [5, 5.41) is 2.91. The largest absolute Gasteiger partial charge is 0.348 e. The Labute approximate surface area is 107 Å². The third-order valence-corrected chi connectivity index (χ3v) is 2.83. The molecule has 1 aromatic heterocycles. The van der Waals surface area contributed by atoms with E-state index >= 15 is 0 Å². The summed E-state index contributed by atoms with van der Waals surface area (Å²) in [6, 6.07) is 9.62. The molecule has 0 aliphatic heterocycles. The Bertz CT molecular complexity index is 550. The second-order valence-corrected chi connectivity index (χ2v) is 4.36. The SMILES string of the molecule is Cc1ccc(C(=O)NCc2ccncc2)c(C)c1. The van der Waals surface area contributed by atoms with Crippen molar-refractivity contribution in [2.75, 3.05) is 0 Å². The molecule has 1 amide bonds. The van der Waals surface area contributed by atoms with Crippen LogP contribution in [-0.4, -0.2) is 10.9 Å². The molecule has 0 saturated carbocycles. The van der Waals surface area contributed by atoms with Crippen molar-refractivity contribution in [2.45, 2.75) is 20.4 Å². The van der Waals surface area contributed by atoms with E-state index < -0.39 is 0 Å². The molecule has 1 N–H and O–H groups in total. The molecule has 1 aromatic carbocycles. The van der Waals surface area contributed by atoms with Crippen molar-refractivity contribution >= 4 is 5.91 Å². The molecule has 0 spiro atoms. The van der Waals surface area contributed by atoms with E-state index in [-0.39, 0.29) is 5.91 Å². The van der Waals surface area contributed by atoms with Crippen LogP contribution in [0.5, 0.6) is 0 Å². The number of carbonyl (C=O) groups is 1. The van der Waals surface area contributed by atoms with Crippen molar-refractivity contribution in [3.8, 4) is 0 Å². The van der Waals surface area contributed by atoms with Crippen LogP contribution in [0.1, 0.15) is 27.0 Å². The topological polar surface area (TPSA) is 42.0 Å². The minimum Gasteiger partial charge on any atom is -0.348 e. The molecule has 0 aliphatic carbocycles. The van der Waals surface area contributed by atoms with E-state index in [2.05, 4.69) is 10.3 Å². The number of nitrogens with zero attached hydrogens (tertiary/aromatic N) is 1. The zero-order valence-electron chi connectivity index (χ0n) is 10.6. The number of hydrogen-bond acceptors (Lipinski definition) is 2. The molecule has 3 nitrogen and oxygen atoms in total. The van der Waals surface area contributed by atoms with Gasteiger partial charge >= 0.3 is 0 Å². The molecule has 0 unspecified atom stereocenters. The Kier molecular flexibility index (Phi) is 3.72. The van der Waals surface area contributed by atoms with E-state index in [0.717, 1.165) is 22.3 Å². The molecular weight excluding hydrogens is 224 g/mol. The van der Waals surface area contributed by atoms with Crippen LogP contribution < -0.4 is 5.32 Å². The van der Waals surface area contributed by atoms with Gasteiger partial charge < -0.3 is 5.32 Å². The number of aromatic nitrogens is 1.